The third kappa shape index (κ3) is 5.64. The zero-order valence-electron chi connectivity index (χ0n) is 14.7. The number of amides is 1. The van der Waals surface area contributed by atoms with Gasteiger partial charge in [-0.05, 0) is 49.4 Å². The van der Waals surface area contributed by atoms with Crippen LogP contribution < -0.4 is 5.32 Å². The van der Waals surface area contributed by atoms with Gasteiger partial charge in [0.1, 0.15) is 0 Å². The van der Waals surface area contributed by atoms with Crippen LogP contribution in [-0.4, -0.2) is 24.7 Å². The number of nitrogens with one attached hydrogen (secondary N) is 1. The zero-order chi connectivity index (χ0) is 18.2. The molecule has 0 bridgehead atoms. The van der Waals surface area contributed by atoms with Crippen molar-refractivity contribution in [2.24, 2.45) is 0 Å². The fraction of sp³-hybridized carbons (Fsp3) is 0.300. The molecule has 0 fully saturated rings. The monoisotopic (exact) mass is 357 g/mol. The average molecular weight is 357 g/mol. The second kappa shape index (κ2) is 9.28. The zero-order valence-corrected chi connectivity index (χ0v) is 15.6. The molecule has 0 aromatic heterocycles. The number of ether oxygens (including phenoxy) is 1. The van der Waals surface area contributed by atoms with E-state index in [0.717, 1.165) is 16.9 Å². The highest BCUT2D eigenvalue weighted by Gasteiger charge is 2.15. The lowest BCUT2D eigenvalue weighted by molar-refractivity contribution is -0.125. The minimum absolute atomic E-state index is 0.0901. The standard InChI is InChI=1S/C20H23NO3S/c1-4-18(15-7-5-14(2)6-8-15)21-19(22)13-24-20(23)16-9-11-17(25-3)12-10-16/h5-12,18H,4,13H2,1-3H3,(H,21,22)/t18-/m1/s1. The van der Waals surface area contributed by atoms with Gasteiger partial charge in [-0.1, -0.05) is 36.8 Å². The van der Waals surface area contributed by atoms with E-state index in [0.29, 0.717) is 5.56 Å². The van der Waals surface area contributed by atoms with Crippen LogP contribution in [0.4, 0.5) is 0 Å². The molecule has 1 N–H and O–H groups in total. The van der Waals surface area contributed by atoms with E-state index in [2.05, 4.69) is 5.32 Å². The number of rotatable bonds is 7. The van der Waals surface area contributed by atoms with Gasteiger partial charge in [0, 0.05) is 4.90 Å². The average Bonchev–Trinajstić information content (AvgIpc) is 2.65. The Bertz CT molecular complexity index is 711. The van der Waals surface area contributed by atoms with Crippen molar-refractivity contribution < 1.29 is 14.3 Å². The van der Waals surface area contributed by atoms with Crippen LogP contribution in [0.2, 0.25) is 0 Å². The van der Waals surface area contributed by atoms with E-state index in [1.165, 1.54) is 5.56 Å². The normalized spacial score (nSPS) is 11.6. The van der Waals surface area contributed by atoms with Crippen molar-refractivity contribution in [2.45, 2.75) is 31.2 Å². The minimum atomic E-state index is -0.494. The molecule has 0 heterocycles. The Morgan fingerprint density at radius 3 is 2.28 bits per heavy atom. The molecular formula is C20H23NO3S. The van der Waals surface area contributed by atoms with E-state index >= 15 is 0 Å². The number of carbonyl (C=O) groups excluding carboxylic acids is 2. The van der Waals surface area contributed by atoms with Gasteiger partial charge in [0.05, 0.1) is 11.6 Å². The molecule has 0 spiro atoms. The second-order valence-corrected chi connectivity index (χ2v) is 6.62. The highest BCUT2D eigenvalue weighted by Crippen LogP contribution is 2.17. The number of hydrogen-bond acceptors (Lipinski definition) is 4. The number of benzene rings is 2. The molecule has 2 rings (SSSR count). The molecule has 2 aromatic carbocycles. The van der Waals surface area contributed by atoms with Gasteiger partial charge in [0.15, 0.2) is 6.61 Å². The summed E-state index contributed by atoms with van der Waals surface area (Å²) in [5, 5.41) is 2.91. The molecule has 0 saturated heterocycles. The van der Waals surface area contributed by atoms with Crippen LogP contribution in [-0.2, 0) is 9.53 Å². The molecule has 0 aliphatic heterocycles. The summed E-state index contributed by atoms with van der Waals surface area (Å²) in [6.45, 7) is 3.74. The molecule has 0 aliphatic rings. The Morgan fingerprint density at radius 2 is 1.72 bits per heavy atom. The summed E-state index contributed by atoms with van der Waals surface area (Å²) in [6.07, 6.45) is 2.73. The third-order valence-corrected chi connectivity index (χ3v) is 4.63. The Labute approximate surface area is 153 Å². The van der Waals surface area contributed by atoms with Crippen molar-refractivity contribution in [3.8, 4) is 0 Å². The van der Waals surface area contributed by atoms with Crippen LogP contribution >= 0.6 is 11.8 Å². The molecule has 132 valence electrons. The van der Waals surface area contributed by atoms with Gasteiger partial charge in [0.2, 0.25) is 0 Å². The molecular weight excluding hydrogens is 334 g/mol. The van der Waals surface area contributed by atoms with Crippen molar-refractivity contribution in [3.05, 3.63) is 65.2 Å². The van der Waals surface area contributed by atoms with E-state index in [4.69, 9.17) is 4.74 Å². The first-order chi connectivity index (χ1) is 12.0. The van der Waals surface area contributed by atoms with Crippen LogP contribution in [0.5, 0.6) is 0 Å². The molecule has 2 aromatic rings. The van der Waals surface area contributed by atoms with Gasteiger partial charge in [0.25, 0.3) is 5.91 Å². The Balaban J connectivity index is 1.88. The summed E-state index contributed by atoms with van der Waals surface area (Å²) >= 11 is 1.60. The predicted molar refractivity (Wildman–Crippen MR) is 101 cm³/mol. The SMILES string of the molecule is CC[C@@H](NC(=O)COC(=O)c1ccc(SC)cc1)c1ccc(C)cc1. The lowest BCUT2D eigenvalue weighted by Crippen LogP contribution is -2.32. The fourth-order valence-electron chi connectivity index (χ4n) is 2.40. The van der Waals surface area contributed by atoms with Crippen LogP contribution in [0.25, 0.3) is 0 Å². The number of esters is 1. The van der Waals surface area contributed by atoms with Gasteiger partial charge in [-0.15, -0.1) is 11.8 Å². The van der Waals surface area contributed by atoms with Crippen molar-refractivity contribution in [2.75, 3.05) is 12.9 Å². The van der Waals surface area contributed by atoms with E-state index in [1.807, 2.05) is 56.5 Å². The van der Waals surface area contributed by atoms with Crippen LogP contribution in [0.15, 0.2) is 53.4 Å². The maximum absolute atomic E-state index is 12.1. The van der Waals surface area contributed by atoms with Crippen LogP contribution in [0.3, 0.4) is 0 Å². The first kappa shape index (κ1) is 19.1. The number of hydrogen-bond donors (Lipinski definition) is 1. The predicted octanol–water partition coefficient (Wildman–Crippen LogP) is 4.14. The van der Waals surface area contributed by atoms with Gasteiger partial charge < -0.3 is 10.1 Å². The van der Waals surface area contributed by atoms with Crippen molar-refractivity contribution in [1.29, 1.82) is 0 Å². The maximum Gasteiger partial charge on any atom is 0.338 e. The van der Waals surface area contributed by atoms with Crippen molar-refractivity contribution in [3.63, 3.8) is 0 Å². The number of aryl methyl sites for hydroxylation is 1. The Hall–Kier alpha value is -2.27. The lowest BCUT2D eigenvalue weighted by atomic mass is 10.0. The lowest BCUT2D eigenvalue weighted by Gasteiger charge is -2.17. The van der Waals surface area contributed by atoms with Crippen LogP contribution in [0, 0.1) is 6.92 Å². The molecule has 1 amide bonds. The molecule has 4 nitrogen and oxygen atoms in total. The highest BCUT2D eigenvalue weighted by molar-refractivity contribution is 7.98. The first-order valence-electron chi connectivity index (χ1n) is 8.20. The molecule has 5 heteroatoms. The van der Waals surface area contributed by atoms with E-state index in [9.17, 15) is 9.59 Å². The Kier molecular flexibility index (Phi) is 7.07. The summed E-state index contributed by atoms with van der Waals surface area (Å²) in [4.78, 5) is 25.2. The molecule has 0 saturated carbocycles. The number of thioether (sulfide) groups is 1. The molecule has 1 atom stereocenters. The minimum Gasteiger partial charge on any atom is -0.452 e. The second-order valence-electron chi connectivity index (χ2n) is 5.74. The van der Waals surface area contributed by atoms with Gasteiger partial charge in [-0.25, -0.2) is 4.79 Å². The van der Waals surface area contributed by atoms with Gasteiger partial charge >= 0.3 is 5.97 Å². The summed E-state index contributed by atoms with van der Waals surface area (Å²) in [6, 6.07) is 15.1. The number of carbonyl (C=O) groups is 2. The summed E-state index contributed by atoms with van der Waals surface area (Å²) < 4.78 is 5.11. The third-order valence-electron chi connectivity index (χ3n) is 3.88. The fourth-order valence-corrected chi connectivity index (χ4v) is 2.81. The molecule has 0 unspecified atom stereocenters. The highest BCUT2D eigenvalue weighted by atomic mass is 32.2. The van der Waals surface area contributed by atoms with E-state index < -0.39 is 5.97 Å². The smallest absolute Gasteiger partial charge is 0.338 e. The van der Waals surface area contributed by atoms with Gasteiger partial charge in [-0.3, -0.25) is 4.79 Å². The Morgan fingerprint density at radius 1 is 1.08 bits per heavy atom. The largest absolute Gasteiger partial charge is 0.452 e. The maximum atomic E-state index is 12.1. The van der Waals surface area contributed by atoms with Crippen LogP contribution in [0.1, 0.15) is 40.9 Å². The molecule has 25 heavy (non-hydrogen) atoms. The summed E-state index contributed by atoms with van der Waals surface area (Å²) in [7, 11) is 0. The molecule has 0 radical (unpaired) electrons. The summed E-state index contributed by atoms with van der Waals surface area (Å²) in [5.74, 6) is -0.798. The van der Waals surface area contributed by atoms with Crippen molar-refractivity contribution >= 4 is 23.6 Å². The first-order valence-corrected chi connectivity index (χ1v) is 9.43. The quantitative estimate of drug-likeness (QED) is 0.598. The van der Waals surface area contributed by atoms with Crippen molar-refractivity contribution in [1.82, 2.24) is 5.32 Å². The van der Waals surface area contributed by atoms with E-state index in [1.54, 1.807) is 23.9 Å². The summed E-state index contributed by atoms with van der Waals surface area (Å²) in [5.41, 5.74) is 2.66. The topological polar surface area (TPSA) is 55.4 Å². The molecule has 0 aliphatic carbocycles. The van der Waals surface area contributed by atoms with E-state index in [-0.39, 0.29) is 18.6 Å². The van der Waals surface area contributed by atoms with Gasteiger partial charge in [-0.2, -0.15) is 0 Å².